The number of hydrogen-bond donors (Lipinski definition) is 8. The third kappa shape index (κ3) is 43.2. The van der Waals surface area contributed by atoms with E-state index in [1.54, 1.807) is 0 Å². The van der Waals surface area contributed by atoms with E-state index >= 15 is 0 Å². The van der Waals surface area contributed by atoms with Crippen molar-refractivity contribution in [3.05, 3.63) is 12.2 Å². The molecule has 0 spiro atoms. The van der Waals surface area contributed by atoms with Crippen molar-refractivity contribution in [2.45, 2.75) is 390 Å². The molecule has 0 saturated carbocycles. The van der Waals surface area contributed by atoms with Gasteiger partial charge in [-0.05, 0) is 38.5 Å². The molecule has 1 aliphatic rings. The van der Waals surface area contributed by atoms with Crippen LogP contribution in [0.3, 0.4) is 0 Å². The van der Waals surface area contributed by atoms with Gasteiger partial charge in [-0.3, -0.25) is 4.79 Å². The smallest absolute Gasteiger partial charge is 0.249 e. The minimum Gasteiger partial charge on any atom is -0.394 e. The topological polar surface area (TPSA) is 189 Å². The molecule has 9 unspecified atom stereocenters. The monoisotopic (exact) mass is 1100 g/mol. The number of amides is 1. The van der Waals surface area contributed by atoms with Gasteiger partial charge in [0.25, 0.3) is 0 Å². The van der Waals surface area contributed by atoms with E-state index in [-0.39, 0.29) is 6.42 Å². The number of carbonyl (C=O) groups is 1. The van der Waals surface area contributed by atoms with E-state index in [1.807, 2.05) is 0 Å². The second-order valence-corrected chi connectivity index (χ2v) is 23.9. The van der Waals surface area contributed by atoms with E-state index in [1.165, 1.54) is 250 Å². The number of nitrogens with one attached hydrogen (secondary N) is 1. The van der Waals surface area contributed by atoms with Crippen LogP contribution < -0.4 is 5.32 Å². The lowest BCUT2D eigenvalue weighted by molar-refractivity contribution is -0.303. The lowest BCUT2D eigenvalue weighted by atomic mass is 9.98. The van der Waals surface area contributed by atoms with Crippen molar-refractivity contribution in [3.8, 4) is 0 Å². The van der Waals surface area contributed by atoms with Crippen LogP contribution in [0.25, 0.3) is 0 Å². The number of aliphatic hydroxyl groups excluding tert-OH is 7. The molecule has 0 radical (unpaired) electrons. The summed E-state index contributed by atoms with van der Waals surface area (Å²) in [5.74, 6) is -0.693. The van der Waals surface area contributed by atoms with Gasteiger partial charge in [-0.15, -0.1) is 0 Å². The largest absolute Gasteiger partial charge is 0.394 e. The van der Waals surface area contributed by atoms with Gasteiger partial charge in [-0.2, -0.15) is 0 Å². The van der Waals surface area contributed by atoms with Crippen LogP contribution in [0.1, 0.15) is 335 Å². The molecule has 0 aromatic carbocycles. The molecule has 0 bridgehead atoms. The Balaban J connectivity index is 2.23. The highest BCUT2D eigenvalue weighted by Gasteiger charge is 2.44. The summed E-state index contributed by atoms with van der Waals surface area (Å²) < 4.78 is 11.2. The Morgan fingerprint density at radius 1 is 0.442 bits per heavy atom. The third-order valence-electron chi connectivity index (χ3n) is 16.6. The van der Waals surface area contributed by atoms with E-state index < -0.39 is 74.2 Å². The minimum atomic E-state index is -1.66. The van der Waals surface area contributed by atoms with Crippen molar-refractivity contribution in [2.75, 3.05) is 13.2 Å². The SMILES string of the molecule is CCCCCCCCCCCCCC/C=C\CCCCCCCCCCC(O)C(=O)NC(COC1OC(CO)C(O)C(O)C1O)C(O)C(O)CCCCCCCCCCCCCCCCCCCCCCCCCCCC. The zero-order valence-corrected chi connectivity index (χ0v) is 50.5. The molecule has 8 N–H and O–H groups in total. The highest BCUT2D eigenvalue weighted by atomic mass is 16.7. The van der Waals surface area contributed by atoms with Gasteiger partial charge in [0, 0.05) is 0 Å². The number of unbranched alkanes of at least 4 members (excludes halogenated alkanes) is 45. The second kappa shape index (κ2) is 55.4. The average Bonchev–Trinajstić information content (AvgIpc) is 3.43. The molecule has 1 saturated heterocycles. The Labute approximate surface area is 474 Å². The molecule has 1 amide bonds. The summed E-state index contributed by atoms with van der Waals surface area (Å²) in [7, 11) is 0. The summed E-state index contributed by atoms with van der Waals surface area (Å²) in [6, 6.07) is -1.17. The summed E-state index contributed by atoms with van der Waals surface area (Å²) in [4.78, 5) is 13.2. The highest BCUT2D eigenvalue weighted by molar-refractivity contribution is 5.80. The Kier molecular flexibility index (Phi) is 53.1. The van der Waals surface area contributed by atoms with Gasteiger partial charge in [0.2, 0.25) is 5.91 Å². The summed E-state index contributed by atoms with van der Waals surface area (Å²) in [6.07, 6.45) is 55.6. The maximum Gasteiger partial charge on any atom is 0.249 e. The van der Waals surface area contributed by atoms with Gasteiger partial charge in [0.1, 0.15) is 36.6 Å². The molecule has 77 heavy (non-hydrogen) atoms. The summed E-state index contributed by atoms with van der Waals surface area (Å²) in [5.41, 5.74) is 0. The Bertz CT molecular complexity index is 1260. The van der Waals surface area contributed by atoms with Crippen molar-refractivity contribution in [2.24, 2.45) is 0 Å². The molecule has 0 aliphatic carbocycles. The predicted octanol–water partition coefficient (Wildman–Crippen LogP) is 15.5. The number of carbonyl (C=O) groups excluding carboxylic acids is 1. The van der Waals surface area contributed by atoms with Gasteiger partial charge < -0.3 is 50.5 Å². The molecule has 9 atom stereocenters. The molecular formula is C66H129NO10. The fraction of sp³-hybridized carbons (Fsp3) is 0.955. The van der Waals surface area contributed by atoms with Crippen LogP contribution in [0.2, 0.25) is 0 Å². The van der Waals surface area contributed by atoms with Crippen LogP contribution >= 0.6 is 0 Å². The highest BCUT2D eigenvalue weighted by Crippen LogP contribution is 2.24. The lowest BCUT2D eigenvalue weighted by Crippen LogP contribution is -2.60. The van der Waals surface area contributed by atoms with Gasteiger partial charge in [0.15, 0.2) is 6.29 Å². The number of ether oxygens (including phenoxy) is 2. The average molecular weight is 1100 g/mol. The molecule has 11 heteroatoms. The maximum absolute atomic E-state index is 13.2. The fourth-order valence-electron chi connectivity index (χ4n) is 11.1. The summed E-state index contributed by atoms with van der Waals surface area (Å²) in [6.45, 7) is 3.51. The van der Waals surface area contributed by atoms with Crippen LogP contribution in [-0.2, 0) is 14.3 Å². The zero-order chi connectivity index (χ0) is 56.1. The molecule has 0 aromatic rings. The Morgan fingerprint density at radius 2 is 0.753 bits per heavy atom. The predicted molar refractivity (Wildman–Crippen MR) is 321 cm³/mol. The van der Waals surface area contributed by atoms with E-state index in [0.717, 1.165) is 44.9 Å². The van der Waals surface area contributed by atoms with E-state index in [0.29, 0.717) is 19.3 Å². The number of rotatable bonds is 59. The van der Waals surface area contributed by atoms with E-state index in [9.17, 15) is 40.5 Å². The number of aliphatic hydroxyl groups is 7. The first-order valence-electron chi connectivity index (χ1n) is 33.6. The van der Waals surface area contributed by atoms with Gasteiger partial charge >= 0.3 is 0 Å². The van der Waals surface area contributed by atoms with Crippen molar-refractivity contribution in [3.63, 3.8) is 0 Å². The third-order valence-corrected chi connectivity index (χ3v) is 16.6. The lowest BCUT2D eigenvalue weighted by Gasteiger charge is -2.40. The number of hydrogen-bond acceptors (Lipinski definition) is 10. The van der Waals surface area contributed by atoms with Crippen LogP contribution in [0, 0.1) is 0 Å². The molecule has 1 rings (SSSR count). The zero-order valence-electron chi connectivity index (χ0n) is 50.5. The van der Waals surface area contributed by atoms with Crippen LogP contribution in [0.15, 0.2) is 12.2 Å². The fourth-order valence-corrected chi connectivity index (χ4v) is 11.1. The van der Waals surface area contributed by atoms with E-state index in [4.69, 9.17) is 9.47 Å². The Morgan fingerprint density at radius 3 is 1.09 bits per heavy atom. The molecule has 458 valence electrons. The van der Waals surface area contributed by atoms with Crippen LogP contribution in [0.4, 0.5) is 0 Å². The molecular weight excluding hydrogens is 967 g/mol. The number of allylic oxidation sites excluding steroid dienone is 2. The first-order chi connectivity index (χ1) is 37.7. The molecule has 1 aliphatic heterocycles. The van der Waals surface area contributed by atoms with Crippen molar-refractivity contribution >= 4 is 5.91 Å². The van der Waals surface area contributed by atoms with Gasteiger partial charge in [-0.25, -0.2) is 0 Å². The molecule has 1 heterocycles. The van der Waals surface area contributed by atoms with Crippen molar-refractivity contribution in [1.82, 2.24) is 5.32 Å². The normalized spacial score (nSPS) is 19.5. The van der Waals surface area contributed by atoms with Gasteiger partial charge in [0.05, 0.1) is 25.4 Å². The minimum absolute atomic E-state index is 0.260. The Hall–Kier alpha value is -1.15. The van der Waals surface area contributed by atoms with Crippen LogP contribution in [0.5, 0.6) is 0 Å². The summed E-state index contributed by atoms with van der Waals surface area (Å²) >= 11 is 0. The van der Waals surface area contributed by atoms with E-state index in [2.05, 4.69) is 31.3 Å². The first-order valence-corrected chi connectivity index (χ1v) is 33.6. The quantitative estimate of drug-likeness (QED) is 0.0215. The second-order valence-electron chi connectivity index (χ2n) is 23.9. The molecule has 1 fully saturated rings. The summed E-state index contributed by atoms with van der Waals surface area (Å²) in [5, 5.41) is 76.5. The van der Waals surface area contributed by atoms with Crippen molar-refractivity contribution in [1.29, 1.82) is 0 Å². The van der Waals surface area contributed by atoms with Crippen LogP contribution in [-0.4, -0.2) is 110 Å². The molecule has 11 nitrogen and oxygen atoms in total. The standard InChI is InChI=1S/C66H129NO10/c1-3-5-7-9-11-13-15-17-19-21-23-25-27-29-30-32-33-35-37-39-41-43-45-47-49-51-53-58(69)61(71)57(56-76-66-64(74)63(73)62(72)60(55-68)77-66)67-65(75)59(70)54-52-50-48-46-44-42-40-38-36-34-31-28-26-24-22-20-18-16-14-12-10-8-6-4-2/h31,34,57-64,66,68-74H,3-30,32-33,35-56H2,1-2H3,(H,67,75)/b34-31-. The van der Waals surface area contributed by atoms with Gasteiger partial charge in [-0.1, -0.05) is 309 Å². The molecule has 0 aromatic heterocycles. The maximum atomic E-state index is 13.2. The first kappa shape index (κ1) is 73.9. The van der Waals surface area contributed by atoms with Crippen molar-refractivity contribution < 1.29 is 50.0 Å².